The summed E-state index contributed by atoms with van der Waals surface area (Å²) in [6, 6.07) is 6.01. The van der Waals surface area contributed by atoms with E-state index >= 15 is 0 Å². The number of ether oxygens (including phenoxy) is 2. The summed E-state index contributed by atoms with van der Waals surface area (Å²) < 4.78 is 25.1. The molecule has 9 heteroatoms. The van der Waals surface area contributed by atoms with Crippen LogP contribution in [0.4, 0.5) is 20.7 Å². The van der Waals surface area contributed by atoms with Crippen LogP contribution in [0.2, 0.25) is 0 Å². The topological polar surface area (TPSA) is 75.2 Å². The molecule has 2 amide bonds. The van der Waals surface area contributed by atoms with E-state index in [2.05, 4.69) is 11.0 Å². The Kier molecular flexibility index (Phi) is 6.51. The monoisotopic (exact) mass is 456 g/mol. The van der Waals surface area contributed by atoms with Crippen LogP contribution in [0.25, 0.3) is 0 Å². The van der Waals surface area contributed by atoms with Crippen LogP contribution in [0.5, 0.6) is 0 Å². The molecule has 2 aliphatic heterocycles. The smallest absolute Gasteiger partial charge is 0.414 e. The van der Waals surface area contributed by atoms with E-state index in [0.717, 1.165) is 22.6 Å². The lowest BCUT2D eigenvalue weighted by atomic mass is 10.1. The highest BCUT2D eigenvalue weighted by molar-refractivity contribution is 5.96. The van der Waals surface area contributed by atoms with Crippen molar-refractivity contribution in [3.8, 4) is 0 Å². The molecule has 0 spiro atoms. The lowest BCUT2D eigenvalue weighted by Gasteiger charge is -2.36. The average Bonchev–Trinajstić information content (AvgIpc) is 3.16. The van der Waals surface area contributed by atoms with E-state index in [9.17, 15) is 14.0 Å². The molecule has 2 aromatic rings. The Labute approximate surface area is 192 Å². The van der Waals surface area contributed by atoms with Gasteiger partial charge in [-0.25, -0.2) is 14.2 Å². The van der Waals surface area contributed by atoms with E-state index in [0.29, 0.717) is 31.9 Å². The highest BCUT2D eigenvalue weighted by Gasteiger charge is 2.35. The maximum Gasteiger partial charge on any atom is 0.414 e. The van der Waals surface area contributed by atoms with E-state index < -0.39 is 11.9 Å². The fourth-order valence-corrected chi connectivity index (χ4v) is 4.36. The van der Waals surface area contributed by atoms with Gasteiger partial charge in [0, 0.05) is 39.0 Å². The Hall–Kier alpha value is -3.20. The zero-order chi connectivity index (χ0) is 23.7. The van der Waals surface area contributed by atoms with Gasteiger partial charge in [0.1, 0.15) is 18.2 Å². The molecule has 0 bridgehead atoms. The van der Waals surface area contributed by atoms with Gasteiger partial charge in [-0.05, 0) is 50.1 Å². The number of carbonyl (C=O) groups excluding carboxylic acids is 2. The Morgan fingerprint density at radius 3 is 2.55 bits per heavy atom. The third-order valence-corrected chi connectivity index (χ3v) is 6.28. The van der Waals surface area contributed by atoms with Gasteiger partial charge in [-0.2, -0.15) is 0 Å². The van der Waals surface area contributed by atoms with Crippen molar-refractivity contribution >= 4 is 23.5 Å². The minimum atomic E-state index is -0.664. The first kappa shape index (κ1) is 23.0. The van der Waals surface area contributed by atoms with Gasteiger partial charge >= 0.3 is 6.09 Å². The summed E-state index contributed by atoms with van der Waals surface area (Å²) in [6.07, 6.45) is -0.554. The molecule has 0 radical (unpaired) electrons. The third-order valence-electron chi connectivity index (χ3n) is 6.28. The summed E-state index contributed by atoms with van der Waals surface area (Å²) in [4.78, 5) is 35.0. The first-order valence-electron chi connectivity index (χ1n) is 11.0. The van der Waals surface area contributed by atoms with Crippen LogP contribution >= 0.6 is 0 Å². The number of amides is 2. The number of hydrogen-bond donors (Lipinski definition) is 0. The molecule has 2 fully saturated rings. The normalized spacial score (nSPS) is 18.6. The number of carbonyl (C=O) groups is 2. The van der Waals surface area contributed by atoms with Gasteiger partial charge in [-0.3, -0.25) is 9.69 Å². The molecule has 3 heterocycles. The number of hydrogen-bond acceptors (Lipinski definition) is 6. The number of aromatic nitrogens is 1. The van der Waals surface area contributed by atoms with Crippen LogP contribution in [0.1, 0.15) is 27.2 Å². The molecule has 2 aliphatic rings. The number of cyclic esters (lactones) is 1. The molecule has 8 nitrogen and oxygen atoms in total. The van der Waals surface area contributed by atoms with Crippen molar-refractivity contribution < 1.29 is 23.5 Å². The fraction of sp³-hybridized carbons (Fsp3) is 0.458. The fourth-order valence-electron chi connectivity index (χ4n) is 4.36. The number of methoxy groups -OCH3 is 1. The van der Waals surface area contributed by atoms with Crippen LogP contribution in [-0.2, 0) is 9.47 Å². The third kappa shape index (κ3) is 4.50. The number of piperazine rings is 1. The number of nitrogens with zero attached hydrogens (tertiary/aromatic N) is 4. The van der Waals surface area contributed by atoms with Crippen molar-refractivity contribution in [1.82, 2.24) is 9.88 Å². The van der Waals surface area contributed by atoms with E-state index in [1.807, 2.05) is 20.8 Å². The standard InChI is InChI=1S/C24H29FN4O4/c1-15-11-16(2)22(26-17(15)3)27-7-9-28(10-8-27)23(30)20-6-5-18(12-21(20)25)29-19(13-32-4)14-33-24(29)31/h5-6,11-12,19H,7-10,13-14H2,1-4H3. The Morgan fingerprint density at radius 1 is 1.15 bits per heavy atom. The zero-order valence-electron chi connectivity index (χ0n) is 19.4. The van der Waals surface area contributed by atoms with Crippen LogP contribution in [0, 0.1) is 26.6 Å². The van der Waals surface area contributed by atoms with Crippen LogP contribution in [-0.4, -0.2) is 74.4 Å². The zero-order valence-corrected chi connectivity index (χ0v) is 19.4. The summed E-state index contributed by atoms with van der Waals surface area (Å²) in [5.74, 6) is -0.0905. The number of aryl methyl sites for hydroxylation is 3. The molecule has 4 rings (SSSR count). The Bertz CT molecular complexity index is 1070. The van der Waals surface area contributed by atoms with Gasteiger partial charge in [0.25, 0.3) is 5.91 Å². The van der Waals surface area contributed by atoms with Gasteiger partial charge < -0.3 is 19.3 Å². The first-order valence-corrected chi connectivity index (χ1v) is 11.0. The number of benzene rings is 1. The summed E-state index contributed by atoms with van der Waals surface area (Å²) in [5, 5.41) is 0. The minimum absolute atomic E-state index is 0.0106. The van der Waals surface area contributed by atoms with Crippen molar-refractivity contribution in [2.45, 2.75) is 26.8 Å². The van der Waals surface area contributed by atoms with Crippen molar-refractivity contribution in [2.24, 2.45) is 0 Å². The molecule has 1 aromatic heterocycles. The minimum Gasteiger partial charge on any atom is -0.447 e. The van der Waals surface area contributed by atoms with E-state index in [-0.39, 0.29) is 30.7 Å². The second-order valence-electron chi connectivity index (χ2n) is 8.53. The number of pyridine rings is 1. The molecule has 33 heavy (non-hydrogen) atoms. The average molecular weight is 457 g/mol. The molecule has 0 N–H and O–H groups in total. The second-order valence-corrected chi connectivity index (χ2v) is 8.53. The van der Waals surface area contributed by atoms with E-state index in [1.54, 1.807) is 11.0 Å². The van der Waals surface area contributed by atoms with Gasteiger partial charge in [-0.1, -0.05) is 6.07 Å². The van der Waals surface area contributed by atoms with E-state index in [4.69, 9.17) is 14.5 Å². The van der Waals surface area contributed by atoms with Crippen LogP contribution < -0.4 is 9.80 Å². The van der Waals surface area contributed by atoms with Crippen LogP contribution in [0.15, 0.2) is 24.3 Å². The lowest BCUT2D eigenvalue weighted by Crippen LogP contribution is -2.49. The van der Waals surface area contributed by atoms with Crippen LogP contribution in [0.3, 0.4) is 0 Å². The van der Waals surface area contributed by atoms with Gasteiger partial charge in [-0.15, -0.1) is 0 Å². The van der Waals surface area contributed by atoms with Crippen molar-refractivity contribution in [2.75, 3.05) is 56.3 Å². The second kappa shape index (κ2) is 9.35. The molecule has 0 saturated carbocycles. The van der Waals surface area contributed by atoms with Gasteiger partial charge in [0.15, 0.2) is 0 Å². The van der Waals surface area contributed by atoms with Gasteiger partial charge in [0.2, 0.25) is 0 Å². The Morgan fingerprint density at radius 2 is 1.88 bits per heavy atom. The number of anilines is 2. The van der Waals surface area contributed by atoms with Crippen molar-refractivity contribution in [1.29, 1.82) is 0 Å². The molecular formula is C24H29FN4O4. The van der Waals surface area contributed by atoms with E-state index in [1.165, 1.54) is 24.1 Å². The molecule has 176 valence electrons. The maximum atomic E-state index is 14.9. The number of rotatable bonds is 5. The summed E-state index contributed by atoms with van der Waals surface area (Å²) >= 11 is 0. The molecule has 0 aliphatic carbocycles. The van der Waals surface area contributed by atoms with Crippen molar-refractivity contribution in [3.63, 3.8) is 0 Å². The van der Waals surface area contributed by atoms with Crippen molar-refractivity contribution in [3.05, 3.63) is 52.5 Å². The Balaban J connectivity index is 1.45. The predicted molar refractivity (Wildman–Crippen MR) is 122 cm³/mol. The molecular weight excluding hydrogens is 427 g/mol. The molecule has 2 saturated heterocycles. The quantitative estimate of drug-likeness (QED) is 0.689. The lowest BCUT2D eigenvalue weighted by molar-refractivity contribution is 0.0741. The number of halogens is 1. The largest absolute Gasteiger partial charge is 0.447 e. The highest BCUT2D eigenvalue weighted by atomic mass is 19.1. The summed E-state index contributed by atoms with van der Waals surface area (Å²) in [5.41, 5.74) is 3.58. The summed E-state index contributed by atoms with van der Waals surface area (Å²) in [7, 11) is 1.53. The van der Waals surface area contributed by atoms with Gasteiger partial charge in [0.05, 0.1) is 23.9 Å². The molecule has 1 unspecified atom stereocenters. The highest BCUT2D eigenvalue weighted by Crippen LogP contribution is 2.27. The molecule has 1 aromatic carbocycles. The maximum absolute atomic E-state index is 14.9. The predicted octanol–water partition coefficient (Wildman–Crippen LogP) is 3.08. The molecule has 1 atom stereocenters. The first-order chi connectivity index (χ1) is 15.8. The SMILES string of the molecule is COCC1COC(=O)N1c1ccc(C(=O)N2CCN(c3nc(C)c(C)cc3C)CC2)c(F)c1. The summed E-state index contributed by atoms with van der Waals surface area (Å²) in [6.45, 7) is 8.71.